The predicted molar refractivity (Wildman–Crippen MR) is 127 cm³/mol. The molecule has 0 aliphatic heterocycles. The van der Waals surface area contributed by atoms with Crippen LogP contribution in [-0.2, 0) is 16.0 Å². The molecule has 164 valence electrons. The smallest absolute Gasteiger partial charge is 0.262 e. The number of ether oxygens (including phenoxy) is 2. The molecule has 0 saturated carbocycles. The maximum absolute atomic E-state index is 13.2. The number of halogens is 1. The SMILES string of the molecule is CCOC(CCn1c(SCC(=O)c2ccc(Br)cc2)nc2ccccc2c1=O)OCC. The van der Waals surface area contributed by atoms with E-state index in [9.17, 15) is 9.59 Å². The Morgan fingerprint density at radius 3 is 2.45 bits per heavy atom. The Hall–Kier alpha value is -2.00. The molecule has 6 nitrogen and oxygen atoms in total. The molecule has 0 radical (unpaired) electrons. The summed E-state index contributed by atoms with van der Waals surface area (Å²) < 4.78 is 13.8. The number of nitrogens with zero attached hydrogens (tertiary/aromatic N) is 2. The molecule has 3 rings (SSSR count). The first-order valence-corrected chi connectivity index (χ1v) is 12.0. The summed E-state index contributed by atoms with van der Waals surface area (Å²) in [7, 11) is 0. The second kappa shape index (κ2) is 11.6. The van der Waals surface area contributed by atoms with Gasteiger partial charge in [-0.15, -0.1) is 0 Å². The number of carbonyl (C=O) groups excluding carboxylic acids is 1. The van der Waals surface area contributed by atoms with Gasteiger partial charge in [-0.05, 0) is 38.1 Å². The topological polar surface area (TPSA) is 70.4 Å². The normalized spacial score (nSPS) is 11.4. The molecule has 0 bridgehead atoms. The second-order valence-corrected chi connectivity index (χ2v) is 8.57. The number of thioether (sulfide) groups is 1. The molecule has 0 atom stereocenters. The van der Waals surface area contributed by atoms with Gasteiger partial charge in [0.25, 0.3) is 5.56 Å². The lowest BCUT2D eigenvalue weighted by molar-refractivity contribution is -0.141. The van der Waals surface area contributed by atoms with E-state index in [1.54, 1.807) is 22.8 Å². The summed E-state index contributed by atoms with van der Waals surface area (Å²) in [5.41, 5.74) is 1.11. The van der Waals surface area contributed by atoms with Crippen molar-refractivity contribution in [1.29, 1.82) is 0 Å². The minimum atomic E-state index is -0.393. The van der Waals surface area contributed by atoms with Gasteiger partial charge < -0.3 is 9.47 Å². The molecule has 0 unspecified atom stereocenters. The van der Waals surface area contributed by atoms with Crippen LogP contribution in [0.4, 0.5) is 0 Å². The zero-order chi connectivity index (χ0) is 22.2. The van der Waals surface area contributed by atoms with Crippen LogP contribution in [0.3, 0.4) is 0 Å². The van der Waals surface area contributed by atoms with Crippen LogP contribution >= 0.6 is 27.7 Å². The summed E-state index contributed by atoms with van der Waals surface area (Å²) >= 11 is 4.65. The summed E-state index contributed by atoms with van der Waals surface area (Å²) in [5.74, 6) is 0.167. The molecule has 3 aromatic rings. The molecule has 0 fully saturated rings. The molecule has 1 heterocycles. The van der Waals surface area contributed by atoms with E-state index in [0.29, 0.717) is 47.8 Å². The number of hydrogen-bond donors (Lipinski definition) is 0. The summed E-state index contributed by atoms with van der Waals surface area (Å²) in [5, 5.41) is 1.07. The van der Waals surface area contributed by atoms with Crippen molar-refractivity contribution in [2.24, 2.45) is 0 Å². The molecule has 0 N–H and O–H groups in total. The van der Waals surface area contributed by atoms with Crippen LogP contribution in [0, 0.1) is 0 Å². The van der Waals surface area contributed by atoms with Crippen LogP contribution < -0.4 is 5.56 Å². The van der Waals surface area contributed by atoms with E-state index in [1.807, 2.05) is 44.2 Å². The Labute approximate surface area is 194 Å². The third-order valence-electron chi connectivity index (χ3n) is 4.62. The lowest BCUT2D eigenvalue weighted by Crippen LogP contribution is -2.27. The number of fused-ring (bicyclic) bond motifs is 1. The van der Waals surface area contributed by atoms with Gasteiger partial charge in [-0.1, -0.05) is 52.0 Å². The first-order valence-electron chi connectivity index (χ1n) is 10.2. The molecule has 0 amide bonds. The van der Waals surface area contributed by atoms with E-state index in [1.165, 1.54) is 11.8 Å². The van der Waals surface area contributed by atoms with Crippen molar-refractivity contribution in [3.8, 4) is 0 Å². The predicted octanol–water partition coefficient (Wildman–Crippen LogP) is 4.92. The van der Waals surface area contributed by atoms with Gasteiger partial charge in [0.2, 0.25) is 0 Å². The highest BCUT2D eigenvalue weighted by Crippen LogP contribution is 2.21. The van der Waals surface area contributed by atoms with Crippen molar-refractivity contribution in [3.63, 3.8) is 0 Å². The molecule has 0 aliphatic carbocycles. The first-order chi connectivity index (χ1) is 15.0. The van der Waals surface area contributed by atoms with Gasteiger partial charge in [-0.3, -0.25) is 14.2 Å². The van der Waals surface area contributed by atoms with Gasteiger partial charge in [0.15, 0.2) is 17.2 Å². The highest BCUT2D eigenvalue weighted by atomic mass is 79.9. The number of carbonyl (C=O) groups is 1. The Balaban J connectivity index is 1.85. The molecule has 8 heteroatoms. The lowest BCUT2D eigenvalue weighted by Gasteiger charge is -2.19. The van der Waals surface area contributed by atoms with Crippen LogP contribution in [-0.4, -0.2) is 40.6 Å². The Morgan fingerprint density at radius 1 is 1.10 bits per heavy atom. The van der Waals surface area contributed by atoms with E-state index in [-0.39, 0.29) is 17.1 Å². The molecule has 31 heavy (non-hydrogen) atoms. The van der Waals surface area contributed by atoms with Crippen molar-refractivity contribution in [2.45, 2.75) is 38.3 Å². The zero-order valence-corrected chi connectivity index (χ0v) is 19.9. The van der Waals surface area contributed by atoms with E-state index >= 15 is 0 Å². The standard InChI is InChI=1S/C23H25BrN2O4S/c1-3-29-21(30-4-2)13-14-26-22(28)18-7-5-6-8-19(18)25-23(26)31-15-20(27)16-9-11-17(24)12-10-16/h5-12,21H,3-4,13-15H2,1-2H3. The molecule has 0 saturated heterocycles. The highest BCUT2D eigenvalue weighted by Gasteiger charge is 2.16. The lowest BCUT2D eigenvalue weighted by atomic mass is 10.2. The van der Waals surface area contributed by atoms with Crippen molar-refractivity contribution >= 4 is 44.4 Å². The maximum atomic E-state index is 13.2. The van der Waals surface area contributed by atoms with Crippen molar-refractivity contribution in [2.75, 3.05) is 19.0 Å². The average Bonchev–Trinajstić information content (AvgIpc) is 2.77. The number of aromatic nitrogens is 2. The largest absolute Gasteiger partial charge is 0.353 e. The van der Waals surface area contributed by atoms with Crippen molar-refractivity contribution < 1.29 is 14.3 Å². The highest BCUT2D eigenvalue weighted by molar-refractivity contribution is 9.10. The Kier molecular flexibility index (Phi) is 8.83. The van der Waals surface area contributed by atoms with E-state index in [4.69, 9.17) is 9.47 Å². The van der Waals surface area contributed by atoms with Crippen molar-refractivity contribution in [3.05, 3.63) is 68.9 Å². The minimum Gasteiger partial charge on any atom is -0.353 e. The summed E-state index contributed by atoms with van der Waals surface area (Å²) in [6.45, 7) is 5.25. The van der Waals surface area contributed by atoms with Crippen LogP contribution in [0.1, 0.15) is 30.6 Å². The number of hydrogen-bond acceptors (Lipinski definition) is 6. The van der Waals surface area contributed by atoms with Crippen LogP contribution in [0.2, 0.25) is 0 Å². The number of para-hydroxylation sites is 1. The van der Waals surface area contributed by atoms with Gasteiger partial charge in [0.05, 0.1) is 16.7 Å². The molecular formula is C23H25BrN2O4S. The number of Topliss-reactive ketones (excluding diaryl/α,β-unsaturated/α-hetero) is 1. The van der Waals surface area contributed by atoms with Crippen molar-refractivity contribution in [1.82, 2.24) is 9.55 Å². The monoisotopic (exact) mass is 504 g/mol. The molecule has 1 aromatic heterocycles. The zero-order valence-electron chi connectivity index (χ0n) is 17.5. The molecule has 0 spiro atoms. The van der Waals surface area contributed by atoms with Crippen LogP contribution in [0.5, 0.6) is 0 Å². The molecular weight excluding hydrogens is 480 g/mol. The maximum Gasteiger partial charge on any atom is 0.262 e. The number of benzene rings is 2. The van der Waals surface area contributed by atoms with E-state index in [2.05, 4.69) is 20.9 Å². The summed E-state index contributed by atoms with van der Waals surface area (Å²) in [4.78, 5) is 30.5. The fourth-order valence-corrected chi connectivity index (χ4v) is 4.31. The van der Waals surface area contributed by atoms with Gasteiger partial charge in [-0.25, -0.2) is 4.98 Å². The van der Waals surface area contributed by atoms with E-state index in [0.717, 1.165) is 4.47 Å². The van der Waals surface area contributed by atoms with Crippen LogP contribution in [0.15, 0.2) is 63.0 Å². The number of ketones is 1. The summed E-state index contributed by atoms with van der Waals surface area (Å²) in [6.07, 6.45) is 0.117. The van der Waals surface area contributed by atoms with Gasteiger partial charge in [0.1, 0.15) is 0 Å². The van der Waals surface area contributed by atoms with Crippen LogP contribution in [0.25, 0.3) is 10.9 Å². The van der Waals surface area contributed by atoms with Gasteiger partial charge in [0, 0.05) is 36.2 Å². The summed E-state index contributed by atoms with van der Waals surface area (Å²) in [6, 6.07) is 14.5. The van der Waals surface area contributed by atoms with Gasteiger partial charge in [-0.2, -0.15) is 0 Å². The molecule has 2 aromatic carbocycles. The number of rotatable bonds is 11. The minimum absolute atomic E-state index is 0.0204. The Bertz CT molecular complexity index is 1080. The average molecular weight is 505 g/mol. The second-order valence-electron chi connectivity index (χ2n) is 6.72. The fraction of sp³-hybridized carbons (Fsp3) is 0.348. The quantitative estimate of drug-likeness (QED) is 0.159. The first kappa shape index (κ1) is 23.7. The van der Waals surface area contributed by atoms with E-state index < -0.39 is 6.29 Å². The Morgan fingerprint density at radius 2 is 1.77 bits per heavy atom. The van der Waals surface area contributed by atoms with Gasteiger partial charge >= 0.3 is 0 Å². The third kappa shape index (κ3) is 6.26. The fourth-order valence-electron chi connectivity index (χ4n) is 3.13. The molecule has 0 aliphatic rings. The third-order valence-corrected chi connectivity index (χ3v) is 6.12.